The number of benzene rings is 1. The van der Waals surface area contributed by atoms with Crippen LogP contribution in [-0.4, -0.2) is 56.4 Å². The maximum Gasteiger partial charge on any atom is 0.309 e. The predicted molar refractivity (Wildman–Crippen MR) is 107 cm³/mol. The number of fused-ring (bicyclic) bond motifs is 1. The zero-order chi connectivity index (χ0) is 20.1. The number of carbonyl (C=O) groups excluding carboxylic acids is 2. The lowest BCUT2D eigenvalue weighted by molar-refractivity contribution is -0.139. The number of carbonyl (C=O) groups is 2. The first-order valence-corrected chi connectivity index (χ1v) is 10.4. The fraction of sp³-hybridized carbons (Fsp3) is 0.400. The number of rotatable bonds is 6. The summed E-state index contributed by atoms with van der Waals surface area (Å²) < 4.78 is 16.0. The lowest BCUT2D eigenvalue weighted by Crippen LogP contribution is -2.46. The van der Waals surface area contributed by atoms with E-state index < -0.39 is 11.8 Å². The highest BCUT2D eigenvalue weighted by molar-refractivity contribution is 7.10. The van der Waals surface area contributed by atoms with Crippen molar-refractivity contribution < 1.29 is 23.8 Å². The van der Waals surface area contributed by atoms with Gasteiger partial charge in [0.2, 0.25) is 6.79 Å². The zero-order valence-corrected chi connectivity index (χ0v) is 16.7. The Labute approximate surface area is 172 Å². The Morgan fingerprint density at radius 2 is 1.86 bits per heavy atom. The molecule has 2 N–H and O–H groups in total. The molecule has 1 atom stereocenters. The van der Waals surface area contributed by atoms with Crippen LogP contribution in [0.4, 0.5) is 0 Å². The quantitative estimate of drug-likeness (QED) is 0.689. The summed E-state index contributed by atoms with van der Waals surface area (Å²) in [6, 6.07) is 9.49. The predicted octanol–water partition coefficient (Wildman–Crippen LogP) is 1.28. The van der Waals surface area contributed by atoms with E-state index in [1.54, 1.807) is 23.5 Å². The first-order valence-electron chi connectivity index (χ1n) is 9.50. The smallest absolute Gasteiger partial charge is 0.309 e. The van der Waals surface area contributed by atoms with E-state index in [1.807, 2.05) is 17.5 Å². The van der Waals surface area contributed by atoms with Crippen LogP contribution in [0, 0.1) is 0 Å². The van der Waals surface area contributed by atoms with Crippen molar-refractivity contribution in [2.24, 2.45) is 0 Å². The Morgan fingerprint density at radius 1 is 1.07 bits per heavy atom. The summed E-state index contributed by atoms with van der Waals surface area (Å²) in [5.74, 6) is 0.0289. The third kappa shape index (κ3) is 4.87. The summed E-state index contributed by atoms with van der Waals surface area (Å²) in [7, 11) is 0. The number of thiophene rings is 1. The van der Waals surface area contributed by atoms with Crippen LogP contribution in [0.15, 0.2) is 35.7 Å². The Hall–Kier alpha value is -2.62. The van der Waals surface area contributed by atoms with Crippen LogP contribution >= 0.6 is 11.3 Å². The van der Waals surface area contributed by atoms with Crippen molar-refractivity contribution in [1.82, 2.24) is 15.5 Å². The molecule has 0 saturated carbocycles. The van der Waals surface area contributed by atoms with Gasteiger partial charge in [-0.25, -0.2) is 0 Å². The van der Waals surface area contributed by atoms with E-state index in [9.17, 15) is 9.59 Å². The average Bonchev–Trinajstić information content (AvgIpc) is 3.44. The molecule has 2 aliphatic heterocycles. The van der Waals surface area contributed by atoms with E-state index in [0.717, 1.165) is 23.5 Å². The van der Waals surface area contributed by atoms with E-state index in [1.165, 1.54) is 0 Å². The third-order valence-corrected chi connectivity index (χ3v) is 5.88. The molecule has 3 heterocycles. The van der Waals surface area contributed by atoms with Crippen molar-refractivity contribution in [2.75, 3.05) is 39.6 Å². The summed E-state index contributed by atoms with van der Waals surface area (Å²) in [4.78, 5) is 28.0. The normalized spacial score (nSPS) is 17.0. The Bertz CT molecular complexity index is 852. The second kappa shape index (κ2) is 9.25. The minimum absolute atomic E-state index is 0.0320. The maximum absolute atomic E-state index is 12.3. The van der Waals surface area contributed by atoms with Gasteiger partial charge >= 0.3 is 11.8 Å². The summed E-state index contributed by atoms with van der Waals surface area (Å²) in [5.41, 5.74) is 0.833. The van der Waals surface area contributed by atoms with Gasteiger partial charge in [0.25, 0.3) is 0 Å². The molecule has 2 aromatic rings. The monoisotopic (exact) mass is 417 g/mol. The van der Waals surface area contributed by atoms with Crippen molar-refractivity contribution >= 4 is 23.2 Å². The third-order valence-electron chi connectivity index (χ3n) is 4.91. The molecule has 2 amide bonds. The fourth-order valence-corrected chi connectivity index (χ4v) is 4.22. The Kier molecular flexibility index (Phi) is 6.28. The van der Waals surface area contributed by atoms with Gasteiger partial charge in [-0.1, -0.05) is 12.1 Å². The molecular weight excluding hydrogens is 394 g/mol. The van der Waals surface area contributed by atoms with Crippen molar-refractivity contribution in [3.8, 4) is 11.5 Å². The highest BCUT2D eigenvalue weighted by Crippen LogP contribution is 2.32. The standard InChI is InChI=1S/C20H23N3O5S/c24-19(21-11-14-3-4-16-17(10-14)28-13-27-16)20(25)22-12-15(18-2-1-9-29-18)23-5-7-26-8-6-23/h1-4,9-10,15H,5-8,11-13H2,(H,21,24)(H,22,25)/t15-/m1/s1. The minimum atomic E-state index is -0.658. The molecule has 0 radical (unpaired) electrons. The van der Waals surface area contributed by atoms with Crippen LogP contribution in [0.2, 0.25) is 0 Å². The van der Waals surface area contributed by atoms with Gasteiger partial charge < -0.3 is 24.8 Å². The van der Waals surface area contributed by atoms with Crippen LogP contribution in [0.25, 0.3) is 0 Å². The summed E-state index contributed by atoms with van der Waals surface area (Å²) >= 11 is 1.65. The lowest BCUT2D eigenvalue weighted by atomic mass is 10.2. The molecule has 8 nitrogen and oxygen atoms in total. The van der Waals surface area contributed by atoms with Crippen LogP contribution in [0.5, 0.6) is 11.5 Å². The molecule has 0 aliphatic carbocycles. The molecule has 0 bridgehead atoms. The zero-order valence-electron chi connectivity index (χ0n) is 15.9. The van der Waals surface area contributed by atoms with E-state index in [4.69, 9.17) is 14.2 Å². The van der Waals surface area contributed by atoms with Crippen LogP contribution < -0.4 is 20.1 Å². The molecular formula is C20H23N3O5S. The summed E-state index contributed by atoms with van der Waals surface area (Å²) in [5, 5.41) is 7.44. The maximum atomic E-state index is 12.3. The van der Waals surface area contributed by atoms with E-state index in [-0.39, 0.29) is 19.4 Å². The molecule has 4 rings (SSSR count). The second-order valence-corrected chi connectivity index (χ2v) is 7.74. The number of nitrogens with zero attached hydrogens (tertiary/aromatic N) is 1. The molecule has 2 aliphatic rings. The van der Waals surface area contributed by atoms with Gasteiger partial charge in [0.1, 0.15) is 0 Å². The molecule has 1 aromatic carbocycles. The summed E-state index contributed by atoms with van der Waals surface area (Å²) in [6.07, 6.45) is 0. The molecule has 1 aromatic heterocycles. The molecule has 1 saturated heterocycles. The number of hydrogen-bond acceptors (Lipinski definition) is 7. The van der Waals surface area contributed by atoms with Crippen molar-refractivity contribution in [2.45, 2.75) is 12.6 Å². The largest absolute Gasteiger partial charge is 0.454 e. The van der Waals surface area contributed by atoms with Crippen LogP contribution in [0.3, 0.4) is 0 Å². The van der Waals surface area contributed by atoms with Gasteiger partial charge in [0.15, 0.2) is 11.5 Å². The summed E-state index contributed by atoms with van der Waals surface area (Å²) in [6.45, 7) is 3.75. The van der Waals surface area contributed by atoms with Gasteiger partial charge in [-0.05, 0) is 29.1 Å². The second-order valence-electron chi connectivity index (χ2n) is 6.76. The van der Waals surface area contributed by atoms with E-state index in [2.05, 4.69) is 21.6 Å². The van der Waals surface area contributed by atoms with E-state index in [0.29, 0.717) is 31.3 Å². The first kappa shape index (κ1) is 19.7. The molecule has 0 spiro atoms. The Morgan fingerprint density at radius 3 is 2.66 bits per heavy atom. The van der Waals surface area contributed by atoms with Crippen LogP contribution in [0.1, 0.15) is 16.5 Å². The fourth-order valence-electron chi connectivity index (χ4n) is 3.36. The molecule has 154 valence electrons. The van der Waals surface area contributed by atoms with Crippen molar-refractivity contribution in [3.63, 3.8) is 0 Å². The van der Waals surface area contributed by atoms with Gasteiger partial charge in [-0.3, -0.25) is 14.5 Å². The average molecular weight is 417 g/mol. The Balaban J connectivity index is 1.29. The molecule has 1 fully saturated rings. The SMILES string of the molecule is O=C(NCc1ccc2c(c1)OCO2)C(=O)NC[C@H](c1cccs1)N1CCOCC1. The number of nitrogens with one attached hydrogen (secondary N) is 2. The highest BCUT2D eigenvalue weighted by atomic mass is 32.1. The van der Waals surface area contributed by atoms with Gasteiger partial charge in [-0.15, -0.1) is 11.3 Å². The first-order chi connectivity index (χ1) is 14.2. The van der Waals surface area contributed by atoms with Gasteiger partial charge in [0, 0.05) is 31.1 Å². The van der Waals surface area contributed by atoms with E-state index >= 15 is 0 Å². The number of amides is 2. The van der Waals surface area contributed by atoms with Crippen molar-refractivity contribution in [3.05, 3.63) is 46.2 Å². The number of ether oxygens (including phenoxy) is 3. The highest BCUT2D eigenvalue weighted by Gasteiger charge is 2.25. The van der Waals surface area contributed by atoms with Gasteiger partial charge in [0.05, 0.1) is 19.3 Å². The topological polar surface area (TPSA) is 89.1 Å². The number of morpholine rings is 1. The lowest BCUT2D eigenvalue weighted by Gasteiger charge is -2.34. The minimum Gasteiger partial charge on any atom is -0.454 e. The molecule has 9 heteroatoms. The molecule has 0 unspecified atom stereocenters. The van der Waals surface area contributed by atoms with Crippen molar-refractivity contribution in [1.29, 1.82) is 0 Å². The molecule has 29 heavy (non-hydrogen) atoms. The van der Waals surface area contributed by atoms with Crippen LogP contribution in [-0.2, 0) is 20.9 Å². The number of hydrogen-bond donors (Lipinski definition) is 2. The van der Waals surface area contributed by atoms with Gasteiger partial charge in [-0.2, -0.15) is 0 Å².